The topological polar surface area (TPSA) is 53.6 Å². The van der Waals surface area contributed by atoms with Crippen molar-refractivity contribution < 1.29 is 0 Å². The highest BCUT2D eigenvalue weighted by molar-refractivity contribution is 5.77. The van der Waals surface area contributed by atoms with Crippen molar-refractivity contribution in [2.75, 3.05) is 26.2 Å². The zero-order chi connectivity index (χ0) is 16.8. The number of nitrogens with one attached hydrogen (secondary N) is 1. The molecule has 1 saturated heterocycles. The zero-order valence-corrected chi connectivity index (χ0v) is 15.2. The Bertz CT molecular complexity index is 527. The molecule has 3 N–H and O–H groups in total. The maximum atomic E-state index is 6.02. The fourth-order valence-corrected chi connectivity index (χ4v) is 3.70. The molecule has 0 saturated carbocycles. The van der Waals surface area contributed by atoms with Crippen LogP contribution < -0.4 is 11.1 Å². The molecule has 1 aliphatic rings. The zero-order valence-electron chi connectivity index (χ0n) is 15.2. The lowest BCUT2D eigenvalue weighted by molar-refractivity contribution is 0.273. The van der Waals surface area contributed by atoms with E-state index >= 15 is 0 Å². The van der Waals surface area contributed by atoms with Crippen LogP contribution in [0, 0.1) is 20.8 Å². The molecule has 0 aromatic heterocycles. The van der Waals surface area contributed by atoms with Crippen LogP contribution in [0.1, 0.15) is 42.0 Å². The van der Waals surface area contributed by atoms with Crippen molar-refractivity contribution in [1.29, 1.82) is 0 Å². The van der Waals surface area contributed by atoms with E-state index in [9.17, 15) is 0 Å². The van der Waals surface area contributed by atoms with Crippen LogP contribution >= 0.6 is 0 Å². The van der Waals surface area contributed by atoms with Crippen molar-refractivity contribution >= 4 is 5.96 Å². The molecule has 4 heteroatoms. The Kier molecular flexibility index (Phi) is 6.46. The summed E-state index contributed by atoms with van der Waals surface area (Å²) in [6, 6.07) is 5.07. The monoisotopic (exact) mass is 316 g/mol. The number of aliphatic imine (C=N–C) groups is 1. The molecule has 1 aromatic rings. The van der Waals surface area contributed by atoms with Gasteiger partial charge in [0, 0.05) is 12.6 Å². The number of nitrogens with zero attached hydrogens (tertiary/aromatic N) is 2. The van der Waals surface area contributed by atoms with Crippen molar-refractivity contribution in [1.82, 2.24) is 10.2 Å². The molecule has 1 unspecified atom stereocenters. The van der Waals surface area contributed by atoms with Gasteiger partial charge in [-0.15, -0.1) is 0 Å². The van der Waals surface area contributed by atoms with Gasteiger partial charge in [0.05, 0.1) is 6.54 Å². The van der Waals surface area contributed by atoms with Gasteiger partial charge in [0.25, 0.3) is 0 Å². The minimum absolute atomic E-state index is 0.571. The Hall–Kier alpha value is -1.55. The number of guanidine groups is 1. The largest absolute Gasteiger partial charge is 0.370 e. The summed E-state index contributed by atoms with van der Waals surface area (Å²) in [6.45, 7) is 12.7. The minimum atomic E-state index is 0.571. The second-order valence-corrected chi connectivity index (χ2v) is 6.70. The normalized spacial score (nSPS) is 19.3. The van der Waals surface area contributed by atoms with Crippen LogP contribution in [0.4, 0.5) is 0 Å². The summed E-state index contributed by atoms with van der Waals surface area (Å²) in [5.41, 5.74) is 11.5. The third-order valence-electron chi connectivity index (χ3n) is 4.90. The Morgan fingerprint density at radius 2 is 2.00 bits per heavy atom. The van der Waals surface area contributed by atoms with Gasteiger partial charge in [-0.05, 0) is 69.8 Å². The van der Waals surface area contributed by atoms with Crippen molar-refractivity contribution in [3.05, 3.63) is 34.4 Å². The number of benzene rings is 1. The second-order valence-electron chi connectivity index (χ2n) is 6.70. The molecular formula is C19H32N4. The lowest BCUT2D eigenvalue weighted by Gasteiger charge is -2.21. The predicted octanol–water partition coefficient (Wildman–Crippen LogP) is 2.54. The number of hydrogen-bond donors (Lipinski definition) is 2. The maximum absolute atomic E-state index is 6.02. The minimum Gasteiger partial charge on any atom is -0.370 e. The van der Waals surface area contributed by atoms with Gasteiger partial charge in [-0.2, -0.15) is 0 Å². The molecule has 1 aliphatic heterocycles. The summed E-state index contributed by atoms with van der Waals surface area (Å²) in [7, 11) is 0. The third-order valence-corrected chi connectivity index (χ3v) is 4.90. The molecule has 128 valence electrons. The summed E-state index contributed by atoms with van der Waals surface area (Å²) < 4.78 is 0. The highest BCUT2D eigenvalue weighted by atomic mass is 15.2. The van der Waals surface area contributed by atoms with Crippen molar-refractivity contribution in [3.8, 4) is 0 Å². The third kappa shape index (κ3) is 4.96. The van der Waals surface area contributed by atoms with E-state index in [-0.39, 0.29) is 0 Å². The Balaban J connectivity index is 1.80. The van der Waals surface area contributed by atoms with Crippen LogP contribution in [0.5, 0.6) is 0 Å². The first-order chi connectivity index (χ1) is 11.0. The SMILES string of the molecule is CCN1CCCC1CN=C(N)NCCc1c(C)cc(C)cc1C. The first kappa shape index (κ1) is 17.8. The van der Waals surface area contributed by atoms with Crippen molar-refractivity contribution in [3.63, 3.8) is 0 Å². The van der Waals surface area contributed by atoms with Crippen LogP contribution in [-0.2, 0) is 6.42 Å². The first-order valence-corrected chi connectivity index (χ1v) is 8.85. The van der Waals surface area contributed by atoms with Gasteiger partial charge in [-0.25, -0.2) is 0 Å². The maximum Gasteiger partial charge on any atom is 0.188 e. The summed E-state index contributed by atoms with van der Waals surface area (Å²) in [5, 5.41) is 3.27. The van der Waals surface area contributed by atoms with E-state index in [1.165, 1.54) is 41.6 Å². The van der Waals surface area contributed by atoms with E-state index in [0.29, 0.717) is 12.0 Å². The average Bonchev–Trinajstić information content (AvgIpc) is 2.95. The Labute approximate surface area is 141 Å². The Morgan fingerprint density at radius 1 is 1.30 bits per heavy atom. The summed E-state index contributed by atoms with van der Waals surface area (Å²) >= 11 is 0. The van der Waals surface area contributed by atoms with E-state index in [1.54, 1.807) is 0 Å². The predicted molar refractivity (Wildman–Crippen MR) is 99.1 cm³/mol. The molecule has 0 amide bonds. The van der Waals surface area contributed by atoms with E-state index in [1.807, 2.05) is 0 Å². The summed E-state index contributed by atoms with van der Waals surface area (Å²) in [5.74, 6) is 0.579. The fraction of sp³-hybridized carbons (Fsp3) is 0.632. The van der Waals surface area contributed by atoms with Gasteiger partial charge >= 0.3 is 0 Å². The van der Waals surface area contributed by atoms with E-state index in [0.717, 1.165) is 26.1 Å². The van der Waals surface area contributed by atoms with Crippen molar-refractivity contribution in [2.45, 2.75) is 53.0 Å². The van der Waals surface area contributed by atoms with E-state index in [4.69, 9.17) is 5.73 Å². The second kappa shape index (κ2) is 8.34. The molecule has 0 radical (unpaired) electrons. The van der Waals surface area contributed by atoms with Gasteiger partial charge < -0.3 is 11.1 Å². The molecule has 23 heavy (non-hydrogen) atoms. The molecule has 0 bridgehead atoms. The average molecular weight is 316 g/mol. The van der Waals surface area contributed by atoms with Crippen LogP contribution in [-0.4, -0.2) is 43.1 Å². The number of likely N-dealkylation sites (N-methyl/N-ethyl adjacent to an activating group) is 1. The summed E-state index contributed by atoms with van der Waals surface area (Å²) in [6.07, 6.45) is 3.51. The number of nitrogens with two attached hydrogens (primary N) is 1. The van der Waals surface area contributed by atoms with Gasteiger partial charge in [0.15, 0.2) is 5.96 Å². The molecular weight excluding hydrogens is 284 g/mol. The van der Waals surface area contributed by atoms with Crippen LogP contribution in [0.25, 0.3) is 0 Å². The van der Waals surface area contributed by atoms with Crippen LogP contribution in [0.15, 0.2) is 17.1 Å². The molecule has 0 spiro atoms. The van der Waals surface area contributed by atoms with Crippen molar-refractivity contribution in [2.24, 2.45) is 10.7 Å². The lowest BCUT2D eigenvalue weighted by atomic mass is 9.97. The van der Waals surface area contributed by atoms with Gasteiger partial charge in [-0.3, -0.25) is 9.89 Å². The van der Waals surface area contributed by atoms with Crippen LogP contribution in [0.2, 0.25) is 0 Å². The lowest BCUT2D eigenvalue weighted by Crippen LogP contribution is -2.36. The highest BCUT2D eigenvalue weighted by Crippen LogP contribution is 2.17. The molecule has 2 rings (SSSR count). The Morgan fingerprint density at radius 3 is 2.65 bits per heavy atom. The smallest absolute Gasteiger partial charge is 0.188 e. The number of aryl methyl sites for hydroxylation is 3. The van der Waals surface area contributed by atoms with Gasteiger partial charge in [0.1, 0.15) is 0 Å². The van der Waals surface area contributed by atoms with Crippen LogP contribution in [0.3, 0.4) is 0 Å². The first-order valence-electron chi connectivity index (χ1n) is 8.85. The quantitative estimate of drug-likeness (QED) is 0.626. The standard InChI is InChI=1S/C19H32N4/c1-5-23-10-6-7-17(23)13-22-19(20)21-9-8-18-15(3)11-14(2)12-16(18)4/h11-12,17H,5-10,13H2,1-4H3,(H3,20,21,22). The highest BCUT2D eigenvalue weighted by Gasteiger charge is 2.22. The molecule has 0 aliphatic carbocycles. The number of hydrogen-bond acceptors (Lipinski definition) is 2. The van der Waals surface area contributed by atoms with Gasteiger partial charge in [-0.1, -0.05) is 24.6 Å². The van der Waals surface area contributed by atoms with E-state index in [2.05, 4.69) is 55.0 Å². The fourth-order valence-electron chi connectivity index (χ4n) is 3.70. The molecule has 1 fully saturated rings. The van der Waals surface area contributed by atoms with E-state index < -0.39 is 0 Å². The summed E-state index contributed by atoms with van der Waals surface area (Å²) in [4.78, 5) is 7.03. The molecule has 1 heterocycles. The van der Waals surface area contributed by atoms with Gasteiger partial charge in [0.2, 0.25) is 0 Å². The molecule has 1 atom stereocenters. The molecule has 4 nitrogen and oxygen atoms in total. The number of likely N-dealkylation sites (tertiary alicyclic amines) is 1. The molecule has 1 aromatic carbocycles. The number of rotatable bonds is 6.